The lowest BCUT2D eigenvalue weighted by Crippen LogP contribution is -2.25. The molecule has 27 heavy (non-hydrogen) atoms. The first-order valence-corrected chi connectivity index (χ1v) is 8.66. The number of carbonyl (C=O) groups is 3. The van der Waals surface area contributed by atoms with Gasteiger partial charge in [-0.2, -0.15) is 5.10 Å². The lowest BCUT2D eigenvalue weighted by molar-refractivity contribution is -0.132. The highest BCUT2D eigenvalue weighted by Gasteiger charge is 2.22. The molecule has 0 aromatic heterocycles. The summed E-state index contributed by atoms with van der Waals surface area (Å²) in [5, 5.41) is 8.40. The number of amides is 3. The van der Waals surface area contributed by atoms with E-state index in [4.69, 9.17) is 5.73 Å². The van der Waals surface area contributed by atoms with Crippen molar-refractivity contribution >= 4 is 29.1 Å². The number of primary amides is 1. The van der Waals surface area contributed by atoms with Crippen LogP contribution in [-0.2, 0) is 9.59 Å². The molecule has 0 bridgehead atoms. The molecular formula is C20H20N4O3. The molecule has 7 nitrogen and oxygen atoms in total. The maximum atomic E-state index is 12.3. The van der Waals surface area contributed by atoms with E-state index >= 15 is 0 Å². The first kappa shape index (κ1) is 18.3. The lowest BCUT2D eigenvalue weighted by atomic mass is 10.1. The van der Waals surface area contributed by atoms with Crippen molar-refractivity contribution in [2.24, 2.45) is 10.8 Å². The summed E-state index contributed by atoms with van der Waals surface area (Å²) in [7, 11) is 0. The van der Waals surface area contributed by atoms with Gasteiger partial charge in [-0.1, -0.05) is 42.5 Å². The van der Waals surface area contributed by atoms with Gasteiger partial charge in [-0.3, -0.25) is 14.4 Å². The fraction of sp³-hybridized carbons (Fsp3) is 0.200. The average Bonchev–Trinajstić information content (AvgIpc) is 3.17. The molecule has 7 heteroatoms. The highest BCUT2D eigenvalue weighted by Crippen LogP contribution is 2.17. The van der Waals surface area contributed by atoms with Gasteiger partial charge in [-0.05, 0) is 17.7 Å². The van der Waals surface area contributed by atoms with Crippen LogP contribution in [0.3, 0.4) is 0 Å². The van der Waals surface area contributed by atoms with Crippen molar-refractivity contribution in [3.63, 3.8) is 0 Å². The van der Waals surface area contributed by atoms with Gasteiger partial charge in [0.25, 0.3) is 5.91 Å². The van der Waals surface area contributed by atoms with Crippen LogP contribution in [0.25, 0.3) is 0 Å². The molecule has 3 amide bonds. The summed E-state index contributed by atoms with van der Waals surface area (Å²) in [5.41, 5.74) is 7.72. The normalized spacial score (nSPS) is 13.2. The van der Waals surface area contributed by atoms with Gasteiger partial charge < -0.3 is 11.1 Å². The number of nitrogens with two attached hydrogens (primary N) is 1. The summed E-state index contributed by atoms with van der Waals surface area (Å²) in [6.07, 6.45) is 0.725. The predicted octanol–water partition coefficient (Wildman–Crippen LogP) is 2.14. The van der Waals surface area contributed by atoms with E-state index < -0.39 is 5.91 Å². The molecule has 2 aromatic rings. The monoisotopic (exact) mass is 364 g/mol. The fourth-order valence-electron chi connectivity index (χ4n) is 2.84. The zero-order valence-electron chi connectivity index (χ0n) is 14.7. The number of anilines is 1. The summed E-state index contributed by atoms with van der Waals surface area (Å²) >= 11 is 0. The van der Waals surface area contributed by atoms with Crippen molar-refractivity contribution in [1.82, 2.24) is 5.01 Å². The highest BCUT2D eigenvalue weighted by atomic mass is 16.2. The maximum absolute atomic E-state index is 12.3. The van der Waals surface area contributed by atoms with Crippen molar-refractivity contribution in [2.45, 2.75) is 19.3 Å². The summed E-state index contributed by atoms with van der Waals surface area (Å²) in [5.74, 6) is -1.19. The molecule has 1 aliphatic heterocycles. The molecule has 0 saturated heterocycles. The number of para-hydroxylation sites is 1. The van der Waals surface area contributed by atoms with Crippen LogP contribution in [0, 0.1) is 0 Å². The quantitative estimate of drug-likeness (QED) is 0.820. The molecule has 0 fully saturated rings. The summed E-state index contributed by atoms with van der Waals surface area (Å²) in [6, 6.07) is 16.2. The molecule has 3 N–H and O–H groups in total. The maximum Gasteiger partial charge on any atom is 0.250 e. The van der Waals surface area contributed by atoms with E-state index in [-0.39, 0.29) is 30.2 Å². The number of nitrogens with zero attached hydrogens (tertiary/aromatic N) is 2. The molecule has 0 atom stereocenters. The van der Waals surface area contributed by atoms with E-state index in [0.717, 1.165) is 11.3 Å². The van der Waals surface area contributed by atoms with E-state index in [1.807, 2.05) is 30.3 Å². The van der Waals surface area contributed by atoms with Crippen molar-refractivity contribution < 1.29 is 14.4 Å². The van der Waals surface area contributed by atoms with Crippen molar-refractivity contribution in [2.75, 3.05) is 11.9 Å². The second-order valence-corrected chi connectivity index (χ2v) is 6.14. The summed E-state index contributed by atoms with van der Waals surface area (Å²) in [6.45, 7) is 0.509. The van der Waals surface area contributed by atoms with Crippen LogP contribution in [0.2, 0.25) is 0 Å². The van der Waals surface area contributed by atoms with Crippen LogP contribution in [0.4, 0.5) is 5.69 Å². The Morgan fingerprint density at radius 2 is 1.70 bits per heavy atom. The van der Waals surface area contributed by atoms with E-state index in [1.54, 1.807) is 18.2 Å². The van der Waals surface area contributed by atoms with Gasteiger partial charge in [0, 0.05) is 19.3 Å². The molecule has 0 aliphatic carbocycles. The van der Waals surface area contributed by atoms with Gasteiger partial charge in [0.2, 0.25) is 11.8 Å². The first-order chi connectivity index (χ1) is 13.0. The Morgan fingerprint density at radius 3 is 2.44 bits per heavy atom. The largest absolute Gasteiger partial charge is 0.366 e. The zero-order chi connectivity index (χ0) is 19.2. The molecule has 0 unspecified atom stereocenters. The molecular weight excluding hydrogens is 344 g/mol. The SMILES string of the molecule is NC(=O)c1ccccc1NC(=O)CCC(=O)N1CCC(c2ccccc2)=N1. The molecule has 0 saturated carbocycles. The van der Waals surface area contributed by atoms with Gasteiger partial charge in [0.05, 0.1) is 23.5 Å². The van der Waals surface area contributed by atoms with Crippen molar-refractivity contribution in [3.05, 3.63) is 65.7 Å². The smallest absolute Gasteiger partial charge is 0.250 e. The van der Waals surface area contributed by atoms with Crippen molar-refractivity contribution in [3.8, 4) is 0 Å². The second-order valence-electron chi connectivity index (χ2n) is 6.14. The van der Waals surface area contributed by atoms with E-state index in [9.17, 15) is 14.4 Å². The van der Waals surface area contributed by atoms with Crippen molar-refractivity contribution in [1.29, 1.82) is 0 Å². The van der Waals surface area contributed by atoms with Crippen LogP contribution in [0.1, 0.15) is 35.2 Å². The number of hydrazone groups is 1. The minimum atomic E-state index is -0.623. The van der Waals surface area contributed by atoms with E-state index in [1.165, 1.54) is 11.1 Å². The van der Waals surface area contributed by atoms with Gasteiger partial charge in [0.1, 0.15) is 0 Å². The van der Waals surface area contributed by atoms with Crippen LogP contribution in [-0.4, -0.2) is 35.0 Å². The Hall–Kier alpha value is -3.48. The number of rotatable bonds is 6. The molecule has 1 aliphatic rings. The zero-order valence-corrected chi connectivity index (χ0v) is 14.7. The van der Waals surface area contributed by atoms with Gasteiger partial charge in [-0.15, -0.1) is 0 Å². The van der Waals surface area contributed by atoms with Crippen LogP contribution < -0.4 is 11.1 Å². The minimum absolute atomic E-state index is 0.00137. The Kier molecular flexibility index (Phi) is 5.61. The van der Waals surface area contributed by atoms with Crippen LogP contribution in [0.15, 0.2) is 59.7 Å². The minimum Gasteiger partial charge on any atom is -0.366 e. The lowest BCUT2D eigenvalue weighted by Gasteiger charge is -2.12. The highest BCUT2D eigenvalue weighted by molar-refractivity contribution is 6.04. The number of benzene rings is 2. The molecule has 0 spiro atoms. The standard InChI is InChI=1S/C20H20N4O3/c21-20(27)15-8-4-5-9-17(15)22-18(25)10-11-19(26)24-13-12-16(23-24)14-6-2-1-3-7-14/h1-9H,10-13H2,(H2,21,27)(H,22,25). The second kappa shape index (κ2) is 8.27. The van der Waals surface area contributed by atoms with E-state index in [2.05, 4.69) is 10.4 Å². The number of carbonyl (C=O) groups excluding carboxylic acids is 3. The molecule has 2 aromatic carbocycles. The third-order valence-corrected chi connectivity index (χ3v) is 4.23. The van der Waals surface area contributed by atoms with Crippen LogP contribution in [0.5, 0.6) is 0 Å². The van der Waals surface area contributed by atoms with Gasteiger partial charge in [-0.25, -0.2) is 5.01 Å². The van der Waals surface area contributed by atoms with Gasteiger partial charge >= 0.3 is 0 Å². The molecule has 0 radical (unpaired) electrons. The average molecular weight is 364 g/mol. The van der Waals surface area contributed by atoms with Gasteiger partial charge in [0.15, 0.2) is 0 Å². The third-order valence-electron chi connectivity index (χ3n) is 4.23. The molecule has 3 rings (SSSR count). The summed E-state index contributed by atoms with van der Waals surface area (Å²) in [4.78, 5) is 35.8. The number of hydrogen-bond acceptors (Lipinski definition) is 4. The Balaban J connectivity index is 1.55. The van der Waals surface area contributed by atoms with Crippen LogP contribution >= 0.6 is 0 Å². The first-order valence-electron chi connectivity index (χ1n) is 8.66. The number of nitrogens with one attached hydrogen (secondary N) is 1. The van der Waals surface area contributed by atoms with E-state index in [0.29, 0.717) is 18.7 Å². The topological polar surface area (TPSA) is 105 Å². The fourth-order valence-corrected chi connectivity index (χ4v) is 2.84. The third kappa shape index (κ3) is 4.58. The predicted molar refractivity (Wildman–Crippen MR) is 102 cm³/mol. The molecule has 1 heterocycles. The number of hydrogen-bond donors (Lipinski definition) is 2. The Labute approximate surface area is 156 Å². The Bertz CT molecular complexity index is 893. The summed E-state index contributed by atoms with van der Waals surface area (Å²) < 4.78 is 0. The Morgan fingerprint density at radius 1 is 1.00 bits per heavy atom. The molecule has 138 valence electrons.